The number of hydrogen-bond acceptors (Lipinski definition) is 3. The lowest BCUT2D eigenvalue weighted by Crippen LogP contribution is -2.42. The number of nitrogens with zero attached hydrogens (tertiary/aromatic N) is 1. The predicted molar refractivity (Wildman–Crippen MR) is 48.1 cm³/mol. The van der Waals surface area contributed by atoms with Crippen LogP contribution in [-0.4, -0.2) is 44.0 Å². The molecule has 1 rings (SSSR count). The molecule has 1 aliphatic rings. The highest BCUT2D eigenvalue weighted by molar-refractivity contribution is 4.69. The SMILES string of the molecule is COC1CCOCCN1C(C)C. The lowest BCUT2D eigenvalue weighted by atomic mass is 10.2. The van der Waals surface area contributed by atoms with E-state index >= 15 is 0 Å². The van der Waals surface area contributed by atoms with Gasteiger partial charge in [-0.05, 0) is 13.8 Å². The molecule has 1 saturated heterocycles. The van der Waals surface area contributed by atoms with E-state index in [2.05, 4.69) is 18.7 Å². The first-order valence-electron chi connectivity index (χ1n) is 4.62. The zero-order chi connectivity index (χ0) is 8.97. The van der Waals surface area contributed by atoms with Crippen LogP contribution in [0.25, 0.3) is 0 Å². The van der Waals surface area contributed by atoms with E-state index in [4.69, 9.17) is 9.47 Å². The van der Waals surface area contributed by atoms with Crippen LogP contribution in [0.4, 0.5) is 0 Å². The highest BCUT2D eigenvalue weighted by atomic mass is 16.5. The molecule has 0 bridgehead atoms. The van der Waals surface area contributed by atoms with Crippen molar-refractivity contribution in [3.8, 4) is 0 Å². The third-order valence-electron chi connectivity index (χ3n) is 2.31. The molecule has 1 heterocycles. The van der Waals surface area contributed by atoms with Crippen molar-refractivity contribution in [1.82, 2.24) is 4.90 Å². The van der Waals surface area contributed by atoms with Crippen molar-refractivity contribution < 1.29 is 9.47 Å². The Hall–Kier alpha value is -0.120. The van der Waals surface area contributed by atoms with Gasteiger partial charge in [0.2, 0.25) is 0 Å². The fourth-order valence-corrected chi connectivity index (χ4v) is 1.61. The van der Waals surface area contributed by atoms with E-state index in [1.165, 1.54) is 0 Å². The number of rotatable bonds is 2. The van der Waals surface area contributed by atoms with E-state index in [0.29, 0.717) is 6.04 Å². The Morgan fingerprint density at radius 2 is 2.17 bits per heavy atom. The van der Waals surface area contributed by atoms with Crippen molar-refractivity contribution in [3.05, 3.63) is 0 Å². The van der Waals surface area contributed by atoms with Gasteiger partial charge < -0.3 is 9.47 Å². The molecule has 1 aliphatic heterocycles. The van der Waals surface area contributed by atoms with E-state index in [9.17, 15) is 0 Å². The van der Waals surface area contributed by atoms with Crippen molar-refractivity contribution in [2.45, 2.75) is 32.5 Å². The third-order valence-corrected chi connectivity index (χ3v) is 2.31. The molecule has 0 amide bonds. The van der Waals surface area contributed by atoms with Gasteiger partial charge in [-0.15, -0.1) is 0 Å². The quantitative estimate of drug-likeness (QED) is 0.624. The highest BCUT2D eigenvalue weighted by Crippen LogP contribution is 2.12. The molecule has 3 heteroatoms. The summed E-state index contributed by atoms with van der Waals surface area (Å²) in [6, 6.07) is 0.539. The van der Waals surface area contributed by atoms with Crippen LogP contribution < -0.4 is 0 Å². The number of ether oxygens (including phenoxy) is 2. The first-order chi connectivity index (χ1) is 5.75. The molecule has 12 heavy (non-hydrogen) atoms. The van der Waals surface area contributed by atoms with Gasteiger partial charge in [0.1, 0.15) is 6.23 Å². The summed E-state index contributed by atoms with van der Waals surface area (Å²) in [6.07, 6.45) is 1.22. The van der Waals surface area contributed by atoms with Crippen molar-refractivity contribution in [1.29, 1.82) is 0 Å². The van der Waals surface area contributed by atoms with Crippen molar-refractivity contribution >= 4 is 0 Å². The third kappa shape index (κ3) is 2.44. The Labute approximate surface area is 74.6 Å². The van der Waals surface area contributed by atoms with Gasteiger partial charge in [-0.2, -0.15) is 0 Å². The monoisotopic (exact) mass is 173 g/mol. The highest BCUT2D eigenvalue weighted by Gasteiger charge is 2.22. The molecule has 0 saturated carbocycles. The molecule has 0 aromatic heterocycles. The second-order valence-corrected chi connectivity index (χ2v) is 3.42. The molecular formula is C9H19NO2. The molecular weight excluding hydrogens is 154 g/mol. The van der Waals surface area contributed by atoms with Crippen molar-refractivity contribution in [2.24, 2.45) is 0 Å². The van der Waals surface area contributed by atoms with Gasteiger partial charge in [0.25, 0.3) is 0 Å². The van der Waals surface area contributed by atoms with Crippen LogP contribution in [0, 0.1) is 0 Å². The van der Waals surface area contributed by atoms with Crippen LogP contribution in [0.1, 0.15) is 20.3 Å². The van der Waals surface area contributed by atoms with E-state index in [0.717, 1.165) is 26.2 Å². The van der Waals surface area contributed by atoms with Gasteiger partial charge in [-0.25, -0.2) is 0 Å². The van der Waals surface area contributed by atoms with Gasteiger partial charge >= 0.3 is 0 Å². The molecule has 1 unspecified atom stereocenters. The second kappa shape index (κ2) is 4.80. The molecule has 0 aromatic carbocycles. The minimum Gasteiger partial charge on any atom is -0.380 e. The molecule has 72 valence electrons. The largest absolute Gasteiger partial charge is 0.380 e. The van der Waals surface area contributed by atoms with Crippen molar-refractivity contribution in [3.63, 3.8) is 0 Å². The minimum atomic E-state index is 0.243. The molecule has 0 N–H and O–H groups in total. The summed E-state index contributed by atoms with van der Waals surface area (Å²) < 4.78 is 10.8. The second-order valence-electron chi connectivity index (χ2n) is 3.42. The smallest absolute Gasteiger partial charge is 0.112 e. The molecule has 1 fully saturated rings. The standard InChI is InChI=1S/C9H19NO2/c1-8(2)10-5-7-12-6-4-9(10)11-3/h8-9H,4-7H2,1-3H3. The van der Waals surface area contributed by atoms with E-state index in [1.807, 2.05) is 0 Å². The zero-order valence-electron chi connectivity index (χ0n) is 8.25. The lowest BCUT2D eigenvalue weighted by molar-refractivity contribution is -0.0448. The molecule has 0 aromatic rings. The van der Waals surface area contributed by atoms with Gasteiger partial charge in [0, 0.05) is 26.1 Å². The van der Waals surface area contributed by atoms with Gasteiger partial charge in [0.05, 0.1) is 13.2 Å². The first-order valence-corrected chi connectivity index (χ1v) is 4.62. The lowest BCUT2D eigenvalue weighted by Gasteiger charge is -2.31. The van der Waals surface area contributed by atoms with Gasteiger partial charge in [0.15, 0.2) is 0 Å². The summed E-state index contributed by atoms with van der Waals surface area (Å²) in [7, 11) is 1.77. The maximum Gasteiger partial charge on any atom is 0.112 e. The maximum absolute atomic E-state index is 5.39. The van der Waals surface area contributed by atoms with Crippen LogP contribution >= 0.6 is 0 Å². The number of methoxy groups -OCH3 is 1. The fraction of sp³-hybridized carbons (Fsp3) is 1.00. The fourth-order valence-electron chi connectivity index (χ4n) is 1.61. The van der Waals surface area contributed by atoms with Crippen LogP contribution in [0.3, 0.4) is 0 Å². The Morgan fingerprint density at radius 1 is 1.42 bits per heavy atom. The van der Waals surface area contributed by atoms with Crippen LogP contribution in [0.5, 0.6) is 0 Å². The molecule has 0 aliphatic carbocycles. The van der Waals surface area contributed by atoms with Gasteiger partial charge in [-0.3, -0.25) is 4.90 Å². The van der Waals surface area contributed by atoms with Gasteiger partial charge in [-0.1, -0.05) is 0 Å². The molecule has 0 radical (unpaired) electrons. The summed E-state index contributed by atoms with van der Waals surface area (Å²) in [6.45, 7) is 7.02. The first kappa shape index (κ1) is 9.96. The Bertz CT molecular complexity index is 128. The minimum absolute atomic E-state index is 0.243. The van der Waals surface area contributed by atoms with Crippen LogP contribution in [0.15, 0.2) is 0 Å². The predicted octanol–water partition coefficient (Wildman–Crippen LogP) is 1.09. The molecule has 3 nitrogen and oxygen atoms in total. The summed E-state index contributed by atoms with van der Waals surface area (Å²) in [5.41, 5.74) is 0. The van der Waals surface area contributed by atoms with E-state index < -0.39 is 0 Å². The average molecular weight is 173 g/mol. The Morgan fingerprint density at radius 3 is 2.75 bits per heavy atom. The van der Waals surface area contributed by atoms with Crippen LogP contribution in [0.2, 0.25) is 0 Å². The summed E-state index contributed by atoms with van der Waals surface area (Å²) in [4.78, 5) is 2.34. The van der Waals surface area contributed by atoms with E-state index in [1.54, 1.807) is 7.11 Å². The zero-order valence-corrected chi connectivity index (χ0v) is 8.25. The molecule has 1 atom stereocenters. The number of hydrogen-bond donors (Lipinski definition) is 0. The summed E-state index contributed by atoms with van der Waals surface area (Å²) in [5, 5.41) is 0. The normalized spacial score (nSPS) is 27.5. The summed E-state index contributed by atoms with van der Waals surface area (Å²) >= 11 is 0. The van der Waals surface area contributed by atoms with Crippen molar-refractivity contribution in [2.75, 3.05) is 26.9 Å². The van der Waals surface area contributed by atoms with Crippen LogP contribution in [-0.2, 0) is 9.47 Å². The summed E-state index contributed by atoms with van der Waals surface area (Å²) in [5.74, 6) is 0. The average Bonchev–Trinajstić information content (AvgIpc) is 2.27. The topological polar surface area (TPSA) is 21.7 Å². The van der Waals surface area contributed by atoms with E-state index in [-0.39, 0.29) is 6.23 Å². The Kier molecular flexibility index (Phi) is 3.98. The maximum atomic E-state index is 5.39. The Balaban J connectivity index is 2.51. The molecule has 0 spiro atoms.